The van der Waals surface area contributed by atoms with E-state index >= 15 is 0 Å². The minimum absolute atomic E-state index is 0.250. The predicted molar refractivity (Wildman–Crippen MR) is 55.2 cm³/mol. The van der Waals surface area contributed by atoms with E-state index in [0.29, 0.717) is 18.8 Å². The fourth-order valence-electron chi connectivity index (χ4n) is 1.48. The Bertz CT molecular complexity index is 345. The van der Waals surface area contributed by atoms with E-state index in [4.69, 9.17) is 9.47 Å². The topological polar surface area (TPSA) is 38.7 Å². The third-order valence-electron chi connectivity index (χ3n) is 2.17. The highest BCUT2D eigenvalue weighted by Crippen LogP contribution is 2.35. The smallest absolute Gasteiger partial charge is 0.187 e. The summed E-state index contributed by atoms with van der Waals surface area (Å²) in [5.41, 5.74) is 1.50. The van der Waals surface area contributed by atoms with Crippen molar-refractivity contribution in [2.45, 2.75) is 13.2 Å². The van der Waals surface area contributed by atoms with Gasteiger partial charge in [-0.1, -0.05) is 15.9 Å². The fourth-order valence-corrected chi connectivity index (χ4v) is 2.07. The Morgan fingerprint density at radius 3 is 2.64 bits per heavy atom. The highest BCUT2D eigenvalue weighted by atomic mass is 79.9. The number of aromatic hydroxyl groups is 1. The lowest BCUT2D eigenvalue weighted by atomic mass is 10.1. The Hall–Kier alpha value is -0.580. The average molecular weight is 259 g/mol. The molecule has 0 aromatic heterocycles. The van der Waals surface area contributed by atoms with E-state index in [0.717, 1.165) is 10.0 Å². The van der Waals surface area contributed by atoms with Gasteiger partial charge in [-0.25, -0.2) is 0 Å². The molecule has 1 heterocycles. The minimum Gasteiger partial charge on any atom is -0.507 e. The molecule has 1 N–H and O–H groups in total. The van der Waals surface area contributed by atoms with Crippen molar-refractivity contribution in [2.75, 3.05) is 13.2 Å². The molecule has 1 aliphatic rings. The maximum absolute atomic E-state index is 9.80. The SMILES string of the molecule is Cc1cc(Br)cc(C2OCCO2)c1O. The summed E-state index contributed by atoms with van der Waals surface area (Å²) in [7, 11) is 0. The van der Waals surface area contributed by atoms with Crippen LogP contribution >= 0.6 is 15.9 Å². The Morgan fingerprint density at radius 1 is 1.36 bits per heavy atom. The summed E-state index contributed by atoms with van der Waals surface area (Å²) in [4.78, 5) is 0. The Kier molecular flexibility index (Phi) is 2.76. The van der Waals surface area contributed by atoms with E-state index in [2.05, 4.69) is 15.9 Å². The van der Waals surface area contributed by atoms with Gasteiger partial charge in [0.25, 0.3) is 0 Å². The van der Waals surface area contributed by atoms with Crippen LogP contribution in [0.5, 0.6) is 5.75 Å². The number of ether oxygens (including phenoxy) is 2. The molecule has 76 valence electrons. The van der Waals surface area contributed by atoms with Gasteiger partial charge in [0.2, 0.25) is 0 Å². The molecule has 0 saturated carbocycles. The van der Waals surface area contributed by atoms with Gasteiger partial charge < -0.3 is 14.6 Å². The molecule has 0 aliphatic carbocycles. The van der Waals surface area contributed by atoms with Gasteiger partial charge in [-0.3, -0.25) is 0 Å². The van der Waals surface area contributed by atoms with Gasteiger partial charge in [-0.2, -0.15) is 0 Å². The van der Waals surface area contributed by atoms with E-state index in [1.165, 1.54) is 0 Å². The van der Waals surface area contributed by atoms with Crippen molar-refractivity contribution in [1.82, 2.24) is 0 Å². The number of rotatable bonds is 1. The first kappa shape index (κ1) is 9.96. The van der Waals surface area contributed by atoms with Gasteiger partial charge in [0.1, 0.15) is 5.75 Å². The van der Waals surface area contributed by atoms with Crippen LogP contribution in [0.1, 0.15) is 17.4 Å². The number of phenols is 1. The van der Waals surface area contributed by atoms with Crippen LogP contribution < -0.4 is 0 Å². The third-order valence-corrected chi connectivity index (χ3v) is 2.63. The molecular formula is C10H11BrO3. The van der Waals surface area contributed by atoms with Crippen molar-refractivity contribution in [2.24, 2.45) is 0 Å². The van der Waals surface area contributed by atoms with Crippen molar-refractivity contribution in [3.63, 3.8) is 0 Å². The molecule has 4 heteroatoms. The van der Waals surface area contributed by atoms with Crippen molar-refractivity contribution in [3.05, 3.63) is 27.7 Å². The van der Waals surface area contributed by atoms with Crippen LogP contribution in [0.15, 0.2) is 16.6 Å². The van der Waals surface area contributed by atoms with E-state index in [9.17, 15) is 5.11 Å². The number of halogens is 1. The lowest BCUT2D eigenvalue weighted by Crippen LogP contribution is -1.99. The van der Waals surface area contributed by atoms with Gasteiger partial charge in [0.05, 0.1) is 18.8 Å². The summed E-state index contributed by atoms with van der Waals surface area (Å²) in [5, 5.41) is 9.80. The van der Waals surface area contributed by atoms with E-state index in [1.807, 2.05) is 19.1 Å². The number of aryl methyl sites for hydroxylation is 1. The van der Waals surface area contributed by atoms with Crippen LogP contribution in [-0.2, 0) is 9.47 Å². The van der Waals surface area contributed by atoms with E-state index in [-0.39, 0.29) is 5.75 Å². The van der Waals surface area contributed by atoms with Gasteiger partial charge in [-0.15, -0.1) is 0 Å². The lowest BCUT2D eigenvalue weighted by molar-refractivity contribution is -0.0455. The molecule has 0 bridgehead atoms. The molecule has 0 radical (unpaired) electrons. The standard InChI is InChI=1S/C10H11BrO3/c1-6-4-7(11)5-8(9(6)12)10-13-2-3-14-10/h4-5,10,12H,2-3H2,1H3. The van der Waals surface area contributed by atoms with Crippen LogP contribution in [-0.4, -0.2) is 18.3 Å². The van der Waals surface area contributed by atoms with Crippen LogP contribution in [0.2, 0.25) is 0 Å². The second-order valence-electron chi connectivity index (χ2n) is 3.23. The third kappa shape index (κ3) is 1.78. The van der Waals surface area contributed by atoms with E-state index < -0.39 is 6.29 Å². The van der Waals surface area contributed by atoms with Crippen LogP contribution in [0.25, 0.3) is 0 Å². The largest absolute Gasteiger partial charge is 0.507 e. The molecule has 2 rings (SSSR count). The summed E-state index contributed by atoms with van der Waals surface area (Å²) in [6.45, 7) is 3.00. The predicted octanol–water partition coefficient (Wildman–Crippen LogP) is 2.51. The maximum atomic E-state index is 9.80. The second kappa shape index (κ2) is 3.88. The molecule has 1 aromatic rings. The second-order valence-corrected chi connectivity index (χ2v) is 4.15. The van der Waals surface area contributed by atoms with Crippen LogP contribution in [0, 0.1) is 6.92 Å². The molecule has 0 spiro atoms. The molecule has 0 atom stereocenters. The van der Waals surface area contributed by atoms with Crippen molar-refractivity contribution < 1.29 is 14.6 Å². The first-order valence-corrected chi connectivity index (χ1v) is 5.20. The number of hydrogen-bond acceptors (Lipinski definition) is 3. The Labute approximate surface area is 90.8 Å². The fraction of sp³-hybridized carbons (Fsp3) is 0.400. The Balaban J connectivity index is 2.40. The molecule has 1 aromatic carbocycles. The van der Waals surface area contributed by atoms with Crippen molar-refractivity contribution in [1.29, 1.82) is 0 Å². The lowest BCUT2D eigenvalue weighted by Gasteiger charge is -2.13. The highest BCUT2D eigenvalue weighted by Gasteiger charge is 2.22. The number of benzene rings is 1. The van der Waals surface area contributed by atoms with Crippen molar-refractivity contribution in [3.8, 4) is 5.75 Å². The normalized spacial score (nSPS) is 17.6. The zero-order valence-electron chi connectivity index (χ0n) is 7.79. The molecule has 1 aliphatic heterocycles. The van der Waals surface area contributed by atoms with Gasteiger partial charge in [-0.05, 0) is 24.6 Å². The van der Waals surface area contributed by atoms with Gasteiger partial charge in [0, 0.05) is 4.47 Å². The zero-order chi connectivity index (χ0) is 10.1. The van der Waals surface area contributed by atoms with Crippen LogP contribution in [0.4, 0.5) is 0 Å². The average Bonchev–Trinajstić information content (AvgIpc) is 2.63. The van der Waals surface area contributed by atoms with Gasteiger partial charge >= 0.3 is 0 Å². The number of phenolic OH excluding ortho intramolecular Hbond substituents is 1. The summed E-state index contributed by atoms with van der Waals surface area (Å²) < 4.78 is 11.6. The zero-order valence-corrected chi connectivity index (χ0v) is 9.37. The minimum atomic E-state index is -0.425. The van der Waals surface area contributed by atoms with Gasteiger partial charge in [0.15, 0.2) is 6.29 Å². The Morgan fingerprint density at radius 2 is 2.00 bits per heavy atom. The molecule has 14 heavy (non-hydrogen) atoms. The molecule has 0 unspecified atom stereocenters. The maximum Gasteiger partial charge on any atom is 0.187 e. The molecule has 1 saturated heterocycles. The first-order valence-electron chi connectivity index (χ1n) is 4.40. The van der Waals surface area contributed by atoms with Crippen LogP contribution in [0.3, 0.4) is 0 Å². The summed E-state index contributed by atoms with van der Waals surface area (Å²) in [6.07, 6.45) is -0.425. The monoisotopic (exact) mass is 258 g/mol. The summed E-state index contributed by atoms with van der Waals surface area (Å²) >= 11 is 3.37. The summed E-state index contributed by atoms with van der Waals surface area (Å²) in [5.74, 6) is 0.250. The van der Waals surface area contributed by atoms with Crippen molar-refractivity contribution >= 4 is 15.9 Å². The molecule has 0 amide bonds. The summed E-state index contributed by atoms with van der Waals surface area (Å²) in [6, 6.07) is 3.67. The molecule has 3 nitrogen and oxygen atoms in total. The quantitative estimate of drug-likeness (QED) is 0.842. The highest BCUT2D eigenvalue weighted by molar-refractivity contribution is 9.10. The first-order chi connectivity index (χ1) is 6.68. The molecular weight excluding hydrogens is 248 g/mol. The number of hydrogen-bond donors (Lipinski definition) is 1. The molecule has 1 fully saturated rings. The van der Waals surface area contributed by atoms with E-state index in [1.54, 1.807) is 0 Å².